The van der Waals surface area contributed by atoms with Crippen LogP contribution in [0, 0.1) is 13.8 Å². The molecule has 0 atom stereocenters. The largest absolute Gasteiger partial charge is 0.497 e. The predicted molar refractivity (Wildman–Crippen MR) is 125 cm³/mol. The van der Waals surface area contributed by atoms with Gasteiger partial charge < -0.3 is 9.47 Å². The predicted octanol–water partition coefficient (Wildman–Crippen LogP) is 4.59. The summed E-state index contributed by atoms with van der Waals surface area (Å²) in [7, 11) is -0.705. The van der Waals surface area contributed by atoms with Gasteiger partial charge in [-0.3, -0.25) is 4.98 Å². The molecule has 4 rings (SSSR count). The van der Waals surface area contributed by atoms with Gasteiger partial charge in [-0.05, 0) is 38.1 Å². The molecule has 7 nitrogen and oxygen atoms in total. The average Bonchev–Trinajstić information content (AvgIpc) is 3.17. The Labute approximate surface area is 191 Å². The number of benzene rings is 2. The van der Waals surface area contributed by atoms with E-state index < -0.39 is 10.0 Å². The van der Waals surface area contributed by atoms with Crippen LogP contribution >= 0.6 is 11.8 Å². The van der Waals surface area contributed by atoms with Gasteiger partial charge in [0.15, 0.2) is 5.16 Å². The Hall–Kier alpha value is -3.04. The first-order valence-electron chi connectivity index (χ1n) is 9.85. The number of hydrogen-bond acceptors (Lipinski definition) is 7. The van der Waals surface area contributed by atoms with Crippen LogP contribution in [0.2, 0.25) is 0 Å². The van der Waals surface area contributed by atoms with Crippen LogP contribution in [0.15, 0.2) is 64.8 Å². The van der Waals surface area contributed by atoms with Crippen LogP contribution in [-0.2, 0) is 15.8 Å². The highest BCUT2D eigenvalue weighted by Gasteiger charge is 2.25. The number of fused-ring (bicyclic) bond motifs is 1. The van der Waals surface area contributed by atoms with Gasteiger partial charge in [0.25, 0.3) is 10.0 Å². The maximum Gasteiger partial charge on any atom is 0.270 e. The molecule has 0 aliphatic rings. The molecule has 0 aliphatic heterocycles. The van der Waals surface area contributed by atoms with Crippen molar-refractivity contribution in [2.24, 2.45) is 0 Å². The van der Waals surface area contributed by atoms with Gasteiger partial charge in [0, 0.05) is 29.1 Å². The van der Waals surface area contributed by atoms with Gasteiger partial charge in [-0.25, -0.2) is 17.4 Å². The highest BCUT2D eigenvalue weighted by Crippen LogP contribution is 2.34. The number of thioether (sulfide) groups is 1. The summed E-state index contributed by atoms with van der Waals surface area (Å²) in [5.74, 6) is 1.78. The lowest BCUT2D eigenvalue weighted by Gasteiger charge is -2.13. The standard InChI is InChI=1S/C23H23N3O4S2/c1-15-13-24-20(16(2)22(15)30-4)14-31-23-25-19-11-10-17(29-3)12-21(19)26(23)32(27,28)18-8-6-5-7-9-18/h5-13H,14H2,1-4H3. The van der Waals surface area contributed by atoms with E-state index in [1.54, 1.807) is 68.9 Å². The number of ether oxygens (including phenoxy) is 2. The fourth-order valence-corrected chi connectivity index (χ4v) is 6.26. The molecule has 2 aromatic heterocycles. The van der Waals surface area contributed by atoms with Gasteiger partial charge >= 0.3 is 0 Å². The molecule has 32 heavy (non-hydrogen) atoms. The van der Waals surface area contributed by atoms with Gasteiger partial charge in [0.05, 0.1) is 35.8 Å². The highest BCUT2D eigenvalue weighted by atomic mass is 32.2. The second-order valence-corrected chi connectivity index (χ2v) is 9.90. The van der Waals surface area contributed by atoms with Crippen LogP contribution in [0.3, 0.4) is 0 Å². The zero-order chi connectivity index (χ0) is 22.9. The number of nitrogens with zero attached hydrogens (tertiary/aromatic N) is 3. The Morgan fingerprint density at radius 1 is 1.03 bits per heavy atom. The molecule has 0 fully saturated rings. The summed E-state index contributed by atoms with van der Waals surface area (Å²) >= 11 is 1.31. The Balaban J connectivity index is 1.83. The summed E-state index contributed by atoms with van der Waals surface area (Å²) in [5, 5.41) is 0.359. The Kier molecular flexibility index (Phi) is 6.12. The molecule has 2 aromatic carbocycles. The van der Waals surface area contributed by atoms with Crippen molar-refractivity contribution in [1.29, 1.82) is 0 Å². The average molecular weight is 470 g/mol. The van der Waals surface area contributed by atoms with Crippen LogP contribution in [-0.4, -0.2) is 36.6 Å². The third-order valence-corrected chi connectivity index (χ3v) is 7.94. The maximum absolute atomic E-state index is 13.6. The first-order chi connectivity index (χ1) is 15.4. The molecule has 0 spiro atoms. The third kappa shape index (κ3) is 3.93. The van der Waals surface area contributed by atoms with E-state index in [0.29, 0.717) is 27.7 Å². The van der Waals surface area contributed by atoms with Crippen molar-refractivity contribution >= 4 is 32.8 Å². The van der Waals surface area contributed by atoms with Crippen molar-refractivity contribution in [3.63, 3.8) is 0 Å². The second-order valence-electron chi connectivity index (χ2n) is 7.17. The Morgan fingerprint density at radius 2 is 1.78 bits per heavy atom. The molecule has 166 valence electrons. The summed E-state index contributed by atoms with van der Waals surface area (Å²) in [6.07, 6.45) is 1.76. The van der Waals surface area contributed by atoms with E-state index >= 15 is 0 Å². The molecular formula is C23H23N3O4S2. The minimum Gasteiger partial charge on any atom is -0.497 e. The minimum atomic E-state index is -3.88. The normalized spacial score (nSPS) is 11.6. The zero-order valence-electron chi connectivity index (χ0n) is 18.2. The quantitative estimate of drug-likeness (QED) is 0.366. The minimum absolute atomic E-state index is 0.190. The molecule has 0 aliphatic carbocycles. The monoisotopic (exact) mass is 469 g/mol. The van der Waals surface area contributed by atoms with Crippen molar-refractivity contribution in [2.45, 2.75) is 29.7 Å². The van der Waals surface area contributed by atoms with Gasteiger partial charge in [-0.1, -0.05) is 30.0 Å². The van der Waals surface area contributed by atoms with E-state index in [0.717, 1.165) is 22.6 Å². The van der Waals surface area contributed by atoms with Gasteiger partial charge in [0.2, 0.25) is 0 Å². The van der Waals surface area contributed by atoms with Gasteiger partial charge in [0.1, 0.15) is 11.5 Å². The molecule has 0 saturated heterocycles. The van der Waals surface area contributed by atoms with Crippen LogP contribution in [0.25, 0.3) is 11.0 Å². The molecule has 9 heteroatoms. The van der Waals surface area contributed by atoms with E-state index in [4.69, 9.17) is 9.47 Å². The van der Waals surface area contributed by atoms with Crippen molar-refractivity contribution in [2.75, 3.05) is 14.2 Å². The summed E-state index contributed by atoms with van der Waals surface area (Å²) in [5.41, 5.74) is 3.71. The second kappa shape index (κ2) is 8.84. The van der Waals surface area contributed by atoms with E-state index in [1.165, 1.54) is 15.7 Å². The SMILES string of the molecule is COc1ccc2nc(SCc3ncc(C)c(OC)c3C)n(S(=O)(=O)c3ccccc3)c2c1. The lowest BCUT2D eigenvalue weighted by Crippen LogP contribution is -2.14. The summed E-state index contributed by atoms with van der Waals surface area (Å²) in [6.45, 7) is 3.89. The number of pyridine rings is 1. The van der Waals surface area contributed by atoms with Crippen molar-refractivity contribution < 1.29 is 17.9 Å². The number of methoxy groups -OCH3 is 2. The number of rotatable bonds is 7. The summed E-state index contributed by atoms with van der Waals surface area (Å²) in [6, 6.07) is 13.5. The van der Waals surface area contributed by atoms with E-state index in [-0.39, 0.29) is 4.90 Å². The van der Waals surface area contributed by atoms with Crippen LogP contribution in [0.5, 0.6) is 11.5 Å². The van der Waals surface area contributed by atoms with Crippen molar-refractivity contribution in [1.82, 2.24) is 13.9 Å². The van der Waals surface area contributed by atoms with Crippen LogP contribution < -0.4 is 9.47 Å². The summed E-state index contributed by atoms with van der Waals surface area (Å²) in [4.78, 5) is 9.33. The number of imidazole rings is 1. The molecule has 0 unspecified atom stereocenters. The van der Waals surface area contributed by atoms with Gasteiger partial charge in [-0.15, -0.1) is 0 Å². The number of hydrogen-bond donors (Lipinski definition) is 0. The third-order valence-electron chi connectivity index (χ3n) is 5.16. The number of aromatic nitrogens is 3. The smallest absolute Gasteiger partial charge is 0.270 e. The molecule has 0 bridgehead atoms. The lowest BCUT2D eigenvalue weighted by atomic mass is 10.1. The first-order valence-corrected chi connectivity index (χ1v) is 12.3. The van der Waals surface area contributed by atoms with Crippen LogP contribution in [0.4, 0.5) is 0 Å². The zero-order valence-corrected chi connectivity index (χ0v) is 19.8. The molecule has 0 saturated carbocycles. The number of aryl methyl sites for hydroxylation is 1. The Morgan fingerprint density at radius 3 is 2.47 bits per heavy atom. The molecule has 4 aromatic rings. The summed E-state index contributed by atoms with van der Waals surface area (Å²) < 4.78 is 39.3. The topological polar surface area (TPSA) is 83.3 Å². The molecule has 2 heterocycles. The van der Waals surface area contributed by atoms with Crippen molar-refractivity contribution in [3.8, 4) is 11.5 Å². The van der Waals surface area contributed by atoms with Crippen molar-refractivity contribution in [3.05, 3.63) is 71.5 Å². The fourth-order valence-electron chi connectivity index (χ4n) is 3.51. The van der Waals surface area contributed by atoms with Crippen LogP contribution in [0.1, 0.15) is 16.8 Å². The molecule has 0 amide bonds. The highest BCUT2D eigenvalue weighted by molar-refractivity contribution is 7.99. The van der Waals surface area contributed by atoms with E-state index in [9.17, 15) is 8.42 Å². The Bertz CT molecular complexity index is 1380. The van der Waals surface area contributed by atoms with E-state index in [1.807, 2.05) is 13.8 Å². The maximum atomic E-state index is 13.6. The fraction of sp³-hybridized carbons (Fsp3) is 0.217. The first kappa shape index (κ1) is 22.2. The van der Waals surface area contributed by atoms with Gasteiger partial charge in [-0.2, -0.15) is 0 Å². The molecule has 0 radical (unpaired) electrons. The molecule has 0 N–H and O–H groups in total. The van der Waals surface area contributed by atoms with E-state index in [2.05, 4.69) is 9.97 Å². The molecular weight excluding hydrogens is 446 g/mol. The lowest BCUT2D eigenvalue weighted by molar-refractivity contribution is 0.407.